The van der Waals surface area contributed by atoms with Crippen molar-refractivity contribution in [2.75, 3.05) is 19.7 Å². The first-order chi connectivity index (χ1) is 9.79. The van der Waals surface area contributed by atoms with Crippen LogP contribution in [0.5, 0.6) is 0 Å². The average molecular weight is 275 g/mol. The summed E-state index contributed by atoms with van der Waals surface area (Å²) in [6.45, 7) is 1.53. The Balaban J connectivity index is 1.92. The molecular formula is C17H22FNO. The fraction of sp³-hybridized carbons (Fsp3) is 0.529. The zero-order chi connectivity index (χ0) is 14.2. The van der Waals surface area contributed by atoms with Crippen molar-refractivity contribution in [3.63, 3.8) is 0 Å². The van der Waals surface area contributed by atoms with Crippen molar-refractivity contribution in [1.82, 2.24) is 4.90 Å². The first-order valence-corrected chi connectivity index (χ1v) is 7.39. The number of aliphatic hydroxyl groups excluding tert-OH is 1. The molecule has 1 aliphatic carbocycles. The quantitative estimate of drug-likeness (QED) is 0.854. The molecule has 0 atom stereocenters. The molecule has 1 saturated carbocycles. The van der Waals surface area contributed by atoms with E-state index in [1.807, 2.05) is 0 Å². The Hall–Kier alpha value is -1.37. The largest absolute Gasteiger partial charge is 0.395 e. The van der Waals surface area contributed by atoms with Gasteiger partial charge in [-0.05, 0) is 37.1 Å². The summed E-state index contributed by atoms with van der Waals surface area (Å²) in [5.41, 5.74) is 0.832. The molecule has 1 aromatic carbocycles. The fourth-order valence-electron chi connectivity index (χ4n) is 2.74. The highest BCUT2D eigenvalue weighted by molar-refractivity contribution is 5.34. The van der Waals surface area contributed by atoms with Crippen molar-refractivity contribution in [2.45, 2.75) is 38.1 Å². The maximum absolute atomic E-state index is 12.8. The van der Waals surface area contributed by atoms with Gasteiger partial charge in [-0.2, -0.15) is 0 Å². The lowest BCUT2D eigenvalue weighted by Crippen LogP contribution is -2.39. The summed E-state index contributed by atoms with van der Waals surface area (Å²) in [5.74, 6) is 5.97. The molecule has 1 aliphatic rings. The van der Waals surface area contributed by atoms with E-state index in [0.717, 1.165) is 5.56 Å². The van der Waals surface area contributed by atoms with E-state index in [1.165, 1.54) is 44.2 Å². The number of rotatable bonds is 4. The summed E-state index contributed by atoms with van der Waals surface area (Å²) >= 11 is 0. The molecule has 3 heteroatoms. The zero-order valence-corrected chi connectivity index (χ0v) is 11.8. The smallest absolute Gasteiger partial charge is 0.123 e. The van der Waals surface area contributed by atoms with Crippen LogP contribution in [-0.2, 0) is 0 Å². The van der Waals surface area contributed by atoms with Gasteiger partial charge in [-0.15, -0.1) is 0 Å². The number of aliphatic hydroxyl groups is 1. The molecule has 0 radical (unpaired) electrons. The molecule has 20 heavy (non-hydrogen) atoms. The monoisotopic (exact) mass is 275 g/mol. The molecule has 0 bridgehead atoms. The van der Waals surface area contributed by atoms with Crippen molar-refractivity contribution >= 4 is 0 Å². The van der Waals surface area contributed by atoms with Crippen LogP contribution in [0.2, 0.25) is 0 Å². The molecule has 0 aliphatic heterocycles. The Labute approximate surface area is 120 Å². The van der Waals surface area contributed by atoms with Gasteiger partial charge < -0.3 is 5.11 Å². The number of hydrogen-bond acceptors (Lipinski definition) is 2. The van der Waals surface area contributed by atoms with Crippen LogP contribution in [0.15, 0.2) is 24.3 Å². The van der Waals surface area contributed by atoms with E-state index in [2.05, 4.69) is 16.7 Å². The Morgan fingerprint density at radius 2 is 1.85 bits per heavy atom. The van der Waals surface area contributed by atoms with Gasteiger partial charge in [-0.25, -0.2) is 4.39 Å². The van der Waals surface area contributed by atoms with Crippen LogP contribution in [0.25, 0.3) is 0 Å². The SMILES string of the molecule is OCCN(CC#Cc1ccc(F)cc1)C1CCCCC1. The molecule has 0 heterocycles. The van der Waals surface area contributed by atoms with E-state index in [-0.39, 0.29) is 12.4 Å². The van der Waals surface area contributed by atoms with Crippen molar-refractivity contribution in [3.8, 4) is 11.8 Å². The molecule has 108 valence electrons. The van der Waals surface area contributed by atoms with Crippen molar-refractivity contribution in [2.24, 2.45) is 0 Å². The molecular weight excluding hydrogens is 253 g/mol. The molecule has 0 spiro atoms. The fourth-order valence-corrected chi connectivity index (χ4v) is 2.74. The van der Waals surface area contributed by atoms with E-state index in [4.69, 9.17) is 0 Å². The van der Waals surface area contributed by atoms with Gasteiger partial charge in [0.05, 0.1) is 13.2 Å². The van der Waals surface area contributed by atoms with Crippen LogP contribution in [0.1, 0.15) is 37.7 Å². The Bertz CT molecular complexity index is 454. The van der Waals surface area contributed by atoms with Crippen LogP contribution in [0, 0.1) is 17.7 Å². The normalized spacial score (nSPS) is 15.9. The van der Waals surface area contributed by atoms with Crippen LogP contribution in [0.3, 0.4) is 0 Å². The molecule has 2 rings (SSSR count). The molecule has 0 saturated heterocycles. The third-order valence-corrected chi connectivity index (χ3v) is 3.84. The third kappa shape index (κ3) is 4.63. The number of halogens is 1. The summed E-state index contributed by atoms with van der Waals surface area (Å²) in [4.78, 5) is 2.27. The van der Waals surface area contributed by atoms with E-state index >= 15 is 0 Å². The minimum absolute atomic E-state index is 0.175. The number of nitrogens with zero attached hydrogens (tertiary/aromatic N) is 1. The molecule has 0 aromatic heterocycles. The minimum Gasteiger partial charge on any atom is -0.395 e. The van der Waals surface area contributed by atoms with Gasteiger partial charge in [0.2, 0.25) is 0 Å². The van der Waals surface area contributed by atoms with Crippen LogP contribution < -0.4 is 0 Å². The van der Waals surface area contributed by atoms with Crippen molar-refractivity contribution < 1.29 is 9.50 Å². The Kier molecular flexibility index (Phi) is 6.04. The van der Waals surface area contributed by atoms with Crippen LogP contribution in [0.4, 0.5) is 4.39 Å². The van der Waals surface area contributed by atoms with Crippen molar-refractivity contribution in [3.05, 3.63) is 35.6 Å². The van der Waals surface area contributed by atoms with Crippen molar-refractivity contribution in [1.29, 1.82) is 0 Å². The summed E-state index contributed by atoms with van der Waals surface area (Å²) in [7, 11) is 0. The van der Waals surface area contributed by atoms with Crippen LogP contribution >= 0.6 is 0 Å². The van der Waals surface area contributed by atoms with Gasteiger partial charge >= 0.3 is 0 Å². The predicted octanol–water partition coefficient (Wildman–Crippen LogP) is 2.80. The second-order valence-electron chi connectivity index (χ2n) is 5.29. The van der Waals surface area contributed by atoms with Gasteiger partial charge in [0.1, 0.15) is 5.82 Å². The summed E-state index contributed by atoms with van der Waals surface area (Å²) in [5, 5.41) is 9.18. The maximum atomic E-state index is 12.8. The Morgan fingerprint density at radius 3 is 2.50 bits per heavy atom. The first-order valence-electron chi connectivity index (χ1n) is 7.39. The minimum atomic E-state index is -0.236. The topological polar surface area (TPSA) is 23.5 Å². The molecule has 1 aromatic rings. The third-order valence-electron chi connectivity index (χ3n) is 3.84. The summed E-state index contributed by atoms with van der Waals surface area (Å²) in [6.07, 6.45) is 6.29. The highest BCUT2D eigenvalue weighted by Gasteiger charge is 2.19. The number of hydrogen-bond donors (Lipinski definition) is 1. The Morgan fingerprint density at radius 1 is 1.15 bits per heavy atom. The standard InChI is InChI=1S/C17H22FNO/c18-16-10-8-15(9-11-16)5-4-12-19(13-14-20)17-6-2-1-3-7-17/h8-11,17,20H,1-3,6-7,12-14H2. The lowest BCUT2D eigenvalue weighted by Gasteiger charge is -2.32. The van der Waals surface area contributed by atoms with E-state index < -0.39 is 0 Å². The van der Waals surface area contributed by atoms with E-state index in [9.17, 15) is 9.50 Å². The van der Waals surface area contributed by atoms with Gasteiger partial charge in [0, 0.05) is 18.2 Å². The first kappa shape index (κ1) is 15.0. The van der Waals surface area contributed by atoms with Gasteiger partial charge in [-0.1, -0.05) is 31.1 Å². The highest BCUT2D eigenvalue weighted by atomic mass is 19.1. The molecule has 1 N–H and O–H groups in total. The second kappa shape index (κ2) is 8.04. The molecule has 1 fully saturated rings. The van der Waals surface area contributed by atoms with Gasteiger partial charge in [-0.3, -0.25) is 4.90 Å². The summed E-state index contributed by atoms with van der Waals surface area (Å²) < 4.78 is 12.8. The lowest BCUT2D eigenvalue weighted by molar-refractivity contribution is 0.139. The van der Waals surface area contributed by atoms with Crippen LogP contribution in [-0.4, -0.2) is 35.7 Å². The molecule has 2 nitrogen and oxygen atoms in total. The predicted molar refractivity (Wildman–Crippen MR) is 78.8 cm³/mol. The van der Waals surface area contributed by atoms with E-state index in [1.54, 1.807) is 12.1 Å². The van der Waals surface area contributed by atoms with Gasteiger partial charge in [0.15, 0.2) is 0 Å². The highest BCUT2D eigenvalue weighted by Crippen LogP contribution is 2.22. The molecule has 0 amide bonds. The van der Waals surface area contributed by atoms with E-state index in [0.29, 0.717) is 19.1 Å². The zero-order valence-electron chi connectivity index (χ0n) is 11.8. The van der Waals surface area contributed by atoms with Gasteiger partial charge in [0.25, 0.3) is 0 Å². The maximum Gasteiger partial charge on any atom is 0.123 e. The summed E-state index contributed by atoms with van der Waals surface area (Å²) in [6, 6.07) is 6.80. The average Bonchev–Trinajstić information content (AvgIpc) is 2.49. The lowest BCUT2D eigenvalue weighted by atomic mass is 9.94. The number of benzene rings is 1. The second-order valence-corrected chi connectivity index (χ2v) is 5.29. The molecule has 0 unspecified atom stereocenters.